The zero-order valence-electron chi connectivity index (χ0n) is 8.32. The van der Waals surface area contributed by atoms with Crippen LogP contribution in [-0.2, 0) is 6.54 Å². The number of hydrogen-bond donors (Lipinski definition) is 3. The Kier molecular flexibility index (Phi) is 4.30. The van der Waals surface area contributed by atoms with Gasteiger partial charge >= 0.3 is 0 Å². The highest BCUT2D eigenvalue weighted by Gasteiger charge is 2.18. The van der Waals surface area contributed by atoms with Gasteiger partial charge in [-0.25, -0.2) is 0 Å². The van der Waals surface area contributed by atoms with Crippen LogP contribution in [0.3, 0.4) is 0 Å². The third kappa shape index (κ3) is 3.36. The van der Waals surface area contributed by atoms with E-state index in [9.17, 15) is 5.11 Å². The Balaban J connectivity index is 2.66. The highest BCUT2D eigenvalue weighted by molar-refractivity contribution is 5.14. The first-order valence-electron chi connectivity index (χ1n) is 4.61. The van der Waals surface area contributed by atoms with Crippen LogP contribution in [0, 0.1) is 0 Å². The highest BCUT2D eigenvalue weighted by atomic mass is 16.5. The highest BCUT2D eigenvalue weighted by Crippen LogP contribution is 2.08. The normalized spacial score (nSPS) is 12.5. The van der Waals surface area contributed by atoms with Gasteiger partial charge in [0.1, 0.15) is 0 Å². The van der Waals surface area contributed by atoms with E-state index in [1.54, 1.807) is 0 Å². The number of rotatable bonds is 5. The summed E-state index contributed by atoms with van der Waals surface area (Å²) in [5.74, 6) is 0. The molecule has 0 saturated heterocycles. The summed E-state index contributed by atoms with van der Waals surface area (Å²) in [5, 5.41) is 27.0. The fourth-order valence-electron chi connectivity index (χ4n) is 1.23. The topological polar surface area (TPSA) is 63.9 Å². The Hall–Kier alpha value is -1.36. The molecule has 82 valence electrons. The van der Waals surface area contributed by atoms with Gasteiger partial charge in [0.05, 0.1) is 0 Å². The molecule has 0 aliphatic rings. The third-order valence-corrected chi connectivity index (χ3v) is 2.05. The number of aliphatic hydroxyl groups excluding tert-OH is 2. The lowest BCUT2D eigenvalue weighted by Crippen LogP contribution is -2.39. The van der Waals surface area contributed by atoms with Gasteiger partial charge in [-0.1, -0.05) is 36.9 Å². The van der Waals surface area contributed by atoms with E-state index in [1.807, 2.05) is 30.3 Å². The third-order valence-electron chi connectivity index (χ3n) is 2.05. The van der Waals surface area contributed by atoms with Crippen molar-refractivity contribution < 1.29 is 15.3 Å². The fraction of sp³-hybridized carbons (Fsp3) is 0.273. The van der Waals surface area contributed by atoms with Crippen LogP contribution < -0.4 is 0 Å². The van der Waals surface area contributed by atoms with Crippen molar-refractivity contribution in [2.45, 2.75) is 19.1 Å². The predicted molar refractivity (Wildman–Crippen MR) is 56.4 cm³/mol. The van der Waals surface area contributed by atoms with E-state index in [-0.39, 0.29) is 0 Å². The second-order valence-electron chi connectivity index (χ2n) is 3.17. The van der Waals surface area contributed by atoms with Crippen molar-refractivity contribution >= 4 is 0 Å². The minimum absolute atomic E-state index is 0.378. The summed E-state index contributed by atoms with van der Waals surface area (Å²) in [4.78, 5) is 1.35. The number of hydrogen-bond acceptors (Lipinski definition) is 4. The Morgan fingerprint density at radius 2 is 1.80 bits per heavy atom. The van der Waals surface area contributed by atoms with Crippen LogP contribution in [-0.4, -0.2) is 32.7 Å². The summed E-state index contributed by atoms with van der Waals surface area (Å²) in [6.45, 7) is 3.88. The first-order valence-corrected chi connectivity index (χ1v) is 4.61. The first kappa shape index (κ1) is 11.7. The molecule has 1 rings (SSSR count). The van der Waals surface area contributed by atoms with E-state index in [0.717, 1.165) is 5.56 Å². The van der Waals surface area contributed by atoms with E-state index < -0.39 is 12.5 Å². The average molecular weight is 209 g/mol. The second-order valence-corrected chi connectivity index (χ2v) is 3.17. The molecular formula is C11H15NO3. The fourth-order valence-corrected chi connectivity index (χ4v) is 1.23. The van der Waals surface area contributed by atoms with Gasteiger partial charge in [0, 0.05) is 6.54 Å². The molecule has 1 aromatic rings. The Bertz CT molecular complexity index is 300. The molecule has 0 spiro atoms. The lowest BCUT2D eigenvalue weighted by atomic mass is 10.2. The largest absolute Gasteiger partial charge is 0.369 e. The van der Waals surface area contributed by atoms with Crippen LogP contribution in [0.5, 0.6) is 0 Å². The van der Waals surface area contributed by atoms with Crippen molar-refractivity contribution in [1.29, 1.82) is 0 Å². The van der Waals surface area contributed by atoms with Crippen molar-refractivity contribution in [3.8, 4) is 0 Å². The van der Waals surface area contributed by atoms with Crippen LogP contribution >= 0.6 is 0 Å². The minimum Gasteiger partial charge on any atom is -0.369 e. The lowest BCUT2D eigenvalue weighted by Gasteiger charge is -2.27. The van der Waals surface area contributed by atoms with E-state index in [2.05, 4.69) is 6.58 Å². The summed E-state index contributed by atoms with van der Waals surface area (Å²) in [6.07, 6.45) is -1.79. The summed E-state index contributed by atoms with van der Waals surface area (Å²) < 4.78 is 0. The summed E-state index contributed by atoms with van der Waals surface area (Å²) in [6, 6.07) is 9.40. The molecule has 0 aliphatic heterocycles. The zero-order chi connectivity index (χ0) is 11.3. The van der Waals surface area contributed by atoms with Gasteiger partial charge in [-0.15, -0.1) is 0 Å². The molecule has 4 heteroatoms. The minimum atomic E-state index is -1.80. The van der Waals surface area contributed by atoms with Crippen LogP contribution in [0.25, 0.3) is 0 Å². The molecule has 1 unspecified atom stereocenters. The van der Waals surface area contributed by atoms with Gasteiger partial charge in [-0.05, 0) is 11.8 Å². The first-order chi connectivity index (χ1) is 7.15. The van der Waals surface area contributed by atoms with E-state index >= 15 is 0 Å². The molecule has 0 radical (unpaired) electrons. The maximum atomic E-state index is 9.40. The zero-order valence-corrected chi connectivity index (χ0v) is 8.32. The molecule has 3 N–H and O–H groups in total. The maximum Gasteiger partial charge on any atom is 0.197 e. The van der Waals surface area contributed by atoms with Crippen LogP contribution in [0.2, 0.25) is 0 Å². The molecule has 0 aromatic heterocycles. The van der Waals surface area contributed by atoms with Crippen molar-refractivity contribution in [1.82, 2.24) is 4.90 Å². The van der Waals surface area contributed by atoms with Crippen molar-refractivity contribution in [3.05, 3.63) is 48.7 Å². The number of aliphatic hydroxyl groups is 3. The average Bonchev–Trinajstić information content (AvgIpc) is 2.26. The molecule has 0 bridgehead atoms. The Morgan fingerprint density at radius 3 is 2.27 bits per heavy atom. The SMILES string of the molecule is C=CN(Cc1ccccc1)C(O)C(O)O. The monoisotopic (exact) mass is 209 g/mol. The standard InChI is InChI=1S/C11H15NO3/c1-2-12(10(13)11(14)15)8-9-6-4-3-5-7-9/h2-7,10-11,13-15H,1,8H2. The quantitative estimate of drug-likeness (QED) is 0.609. The van der Waals surface area contributed by atoms with Crippen molar-refractivity contribution in [2.75, 3.05) is 0 Å². The van der Waals surface area contributed by atoms with Crippen molar-refractivity contribution in [3.63, 3.8) is 0 Å². The van der Waals surface area contributed by atoms with Crippen LogP contribution in [0.4, 0.5) is 0 Å². The van der Waals surface area contributed by atoms with Crippen LogP contribution in [0.1, 0.15) is 5.56 Å². The molecule has 0 aliphatic carbocycles. The van der Waals surface area contributed by atoms with E-state index in [1.165, 1.54) is 11.1 Å². The van der Waals surface area contributed by atoms with Crippen LogP contribution in [0.15, 0.2) is 43.1 Å². The molecule has 15 heavy (non-hydrogen) atoms. The predicted octanol–water partition coefficient (Wildman–Crippen LogP) is 0.261. The van der Waals surface area contributed by atoms with E-state index in [4.69, 9.17) is 10.2 Å². The molecule has 0 amide bonds. The molecule has 1 atom stereocenters. The smallest absolute Gasteiger partial charge is 0.197 e. The molecule has 0 fully saturated rings. The number of nitrogens with zero attached hydrogens (tertiary/aromatic N) is 1. The summed E-state index contributed by atoms with van der Waals surface area (Å²) in [5.41, 5.74) is 0.956. The lowest BCUT2D eigenvalue weighted by molar-refractivity contribution is -0.169. The van der Waals surface area contributed by atoms with Gasteiger partial charge in [0.25, 0.3) is 0 Å². The Labute approximate surface area is 88.7 Å². The van der Waals surface area contributed by atoms with Gasteiger partial charge < -0.3 is 20.2 Å². The molecule has 1 aromatic carbocycles. The maximum absolute atomic E-state index is 9.40. The van der Waals surface area contributed by atoms with Gasteiger partial charge in [-0.3, -0.25) is 0 Å². The van der Waals surface area contributed by atoms with Gasteiger partial charge in [-0.2, -0.15) is 0 Å². The molecule has 4 nitrogen and oxygen atoms in total. The van der Waals surface area contributed by atoms with Crippen molar-refractivity contribution in [2.24, 2.45) is 0 Å². The molecular weight excluding hydrogens is 194 g/mol. The van der Waals surface area contributed by atoms with Gasteiger partial charge in [0.2, 0.25) is 0 Å². The van der Waals surface area contributed by atoms with E-state index in [0.29, 0.717) is 6.54 Å². The molecule has 0 heterocycles. The summed E-state index contributed by atoms with van der Waals surface area (Å²) >= 11 is 0. The van der Waals surface area contributed by atoms with Gasteiger partial charge in [0.15, 0.2) is 12.5 Å². The molecule has 0 saturated carbocycles. The summed E-state index contributed by atoms with van der Waals surface area (Å²) in [7, 11) is 0. The second kappa shape index (κ2) is 5.50. The Morgan fingerprint density at radius 1 is 1.20 bits per heavy atom. The number of benzene rings is 1.